The van der Waals surface area contributed by atoms with Gasteiger partial charge in [0, 0.05) is 11.6 Å². The van der Waals surface area contributed by atoms with Crippen molar-refractivity contribution in [3.8, 4) is 22.6 Å². The van der Waals surface area contributed by atoms with Crippen LogP contribution in [0.25, 0.3) is 11.1 Å². The molecule has 1 unspecified atom stereocenters. The minimum Gasteiger partial charge on any atom is -0.457 e. The molecule has 186 valence electrons. The van der Waals surface area contributed by atoms with E-state index in [0.717, 1.165) is 25.7 Å². The van der Waals surface area contributed by atoms with Crippen LogP contribution in [0.1, 0.15) is 55.2 Å². The van der Waals surface area contributed by atoms with E-state index >= 15 is 4.39 Å². The predicted molar refractivity (Wildman–Crippen MR) is 133 cm³/mol. The van der Waals surface area contributed by atoms with E-state index in [1.807, 2.05) is 0 Å². The van der Waals surface area contributed by atoms with Crippen molar-refractivity contribution in [2.24, 2.45) is 5.92 Å². The summed E-state index contributed by atoms with van der Waals surface area (Å²) < 4.78 is 47.8. The van der Waals surface area contributed by atoms with Gasteiger partial charge in [-0.25, -0.2) is 8.78 Å². The van der Waals surface area contributed by atoms with Gasteiger partial charge in [0.1, 0.15) is 23.1 Å². The topological polar surface area (TPSA) is 78.8 Å². The number of benzene rings is 3. The lowest BCUT2D eigenvalue weighted by molar-refractivity contribution is 0.226. The molecule has 1 fully saturated rings. The second-order valence-corrected chi connectivity index (χ2v) is 11.4. The minimum atomic E-state index is -4.09. The first kappa shape index (κ1) is 25.5. The van der Waals surface area contributed by atoms with Gasteiger partial charge in [-0.1, -0.05) is 31.9 Å². The van der Waals surface area contributed by atoms with Crippen molar-refractivity contribution in [1.29, 1.82) is 0 Å². The van der Waals surface area contributed by atoms with Crippen molar-refractivity contribution in [2.45, 2.75) is 52.4 Å². The number of nitrogens with one attached hydrogen (secondary N) is 1. The van der Waals surface area contributed by atoms with Crippen LogP contribution in [0.4, 0.5) is 8.78 Å². The maximum Gasteiger partial charge on any atom is 0.319 e. The summed E-state index contributed by atoms with van der Waals surface area (Å²) in [5, 5.41) is 10.4. The van der Waals surface area contributed by atoms with Gasteiger partial charge in [0.15, 0.2) is 0 Å². The fraction of sp³-hybridized carbons (Fsp3) is 0.333. The van der Waals surface area contributed by atoms with Crippen LogP contribution in [-0.4, -0.2) is 10.1 Å². The second-order valence-electron chi connectivity index (χ2n) is 9.52. The number of halogens is 2. The molecule has 0 bridgehead atoms. The molecule has 35 heavy (non-hydrogen) atoms. The fourth-order valence-corrected chi connectivity index (χ4v) is 5.68. The lowest BCUT2D eigenvalue weighted by Gasteiger charge is -2.26. The number of hydrogen-bond acceptors (Lipinski definition) is 3. The van der Waals surface area contributed by atoms with Crippen LogP contribution in [0.2, 0.25) is 0 Å². The van der Waals surface area contributed by atoms with Crippen molar-refractivity contribution in [2.75, 3.05) is 0 Å². The normalized spacial score (nSPS) is 19.9. The van der Waals surface area contributed by atoms with Crippen LogP contribution in [0, 0.1) is 31.4 Å². The first-order valence-electron chi connectivity index (χ1n) is 11.7. The maximum absolute atomic E-state index is 15.0. The molecule has 0 aromatic heterocycles. The Labute approximate surface area is 204 Å². The lowest BCUT2D eigenvalue weighted by Crippen LogP contribution is -2.16. The highest BCUT2D eigenvalue weighted by Crippen LogP contribution is 2.39. The van der Waals surface area contributed by atoms with Crippen molar-refractivity contribution in [3.05, 3.63) is 76.9 Å². The van der Waals surface area contributed by atoms with E-state index in [1.54, 1.807) is 38.1 Å². The summed E-state index contributed by atoms with van der Waals surface area (Å²) in [5.74, 6) is 0.709. The van der Waals surface area contributed by atoms with Gasteiger partial charge in [0.25, 0.3) is 0 Å². The highest BCUT2D eigenvalue weighted by atomic mass is 31.2. The Bertz CT molecular complexity index is 1270. The fourth-order valence-electron chi connectivity index (χ4n) is 4.83. The summed E-state index contributed by atoms with van der Waals surface area (Å²) in [5.41, 5.74) is 2.54. The smallest absolute Gasteiger partial charge is 0.319 e. The predicted octanol–water partition coefficient (Wildman–Crippen LogP) is 7.12. The molecule has 1 aliphatic carbocycles. The van der Waals surface area contributed by atoms with E-state index in [2.05, 4.69) is 6.92 Å². The van der Waals surface area contributed by atoms with E-state index in [4.69, 9.17) is 9.94 Å². The molecule has 0 amide bonds. The Morgan fingerprint density at radius 2 is 1.60 bits per heavy atom. The highest BCUT2D eigenvalue weighted by Gasteiger charge is 2.24. The molecule has 0 aliphatic heterocycles. The van der Waals surface area contributed by atoms with Gasteiger partial charge < -0.3 is 14.8 Å². The molecule has 1 atom stereocenters. The Kier molecular flexibility index (Phi) is 7.43. The molecular formula is C27H30F2NO4P. The van der Waals surface area contributed by atoms with Crippen molar-refractivity contribution < 1.29 is 28.2 Å². The summed E-state index contributed by atoms with van der Waals surface area (Å²) in [4.78, 5) is 9.80. The third kappa shape index (κ3) is 5.49. The molecule has 0 spiro atoms. The van der Waals surface area contributed by atoms with Gasteiger partial charge in [0.2, 0.25) is 0 Å². The van der Waals surface area contributed by atoms with Crippen molar-refractivity contribution in [3.63, 3.8) is 0 Å². The zero-order chi connectivity index (χ0) is 25.3. The third-order valence-electron chi connectivity index (χ3n) is 6.86. The van der Waals surface area contributed by atoms with Gasteiger partial charge in [-0.3, -0.25) is 4.57 Å². The van der Waals surface area contributed by atoms with E-state index < -0.39 is 13.3 Å². The van der Waals surface area contributed by atoms with Gasteiger partial charge >= 0.3 is 7.52 Å². The standard InChI is InChI=1S/C27H30F2NO4P/c1-16-4-6-19(7-5-16)23-10-8-20(14-25(23)28)24-11-9-21(15-26(24)29)34-27-17(2)12-22(13-18(27)3)35(32,33)30-31/h8-16,19,31H,4-7H2,1-3H3,(H2,30,32,33). The first-order chi connectivity index (χ1) is 16.6. The minimum absolute atomic E-state index is 0.0251. The molecule has 0 heterocycles. The Morgan fingerprint density at radius 1 is 0.943 bits per heavy atom. The molecule has 3 aromatic carbocycles. The zero-order valence-corrected chi connectivity index (χ0v) is 20.9. The van der Waals surface area contributed by atoms with Gasteiger partial charge in [-0.2, -0.15) is 0 Å². The number of aryl methyl sites for hydroxylation is 2. The third-order valence-corrected chi connectivity index (χ3v) is 8.09. The van der Waals surface area contributed by atoms with E-state index in [1.165, 1.54) is 29.5 Å². The van der Waals surface area contributed by atoms with Gasteiger partial charge in [-0.15, -0.1) is 5.25 Å². The highest BCUT2D eigenvalue weighted by molar-refractivity contribution is 7.63. The lowest BCUT2D eigenvalue weighted by atomic mass is 9.79. The molecule has 3 N–H and O–H groups in total. The second kappa shape index (κ2) is 10.2. The molecule has 4 rings (SSSR count). The first-order valence-corrected chi connectivity index (χ1v) is 13.4. The van der Waals surface area contributed by atoms with Crippen LogP contribution in [0.15, 0.2) is 48.5 Å². The molecular weight excluding hydrogens is 471 g/mol. The summed E-state index contributed by atoms with van der Waals surface area (Å²) >= 11 is 0. The largest absolute Gasteiger partial charge is 0.457 e. The Hall–Kier alpha value is -2.57. The number of hydrogen-bond donors (Lipinski definition) is 3. The molecule has 3 aromatic rings. The monoisotopic (exact) mass is 501 g/mol. The Balaban J connectivity index is 1.56. The summed E-state index contributed by atoms with van der Waals surface area (Å²) in [6, 6.07) is 12.2. The zero-order valence-electron chi connectivity index (χ0n) is 20.0. The molecule has 0 saturated heterocycles. The van der Waals surface area contributed by atoms with Crippen molar-refractivity contribution in [1.82, 2.24) is 5.25 Å². The average Bonchev–Trinajstić information content (AvgIpc) is 2.82. The van der Waals surface area contributed by atoms with Gasteiger partial charge in [-0.05, 0) is 91.1 Å². The number of rotatable bonds is 6. The SMILES string of the molecule is Cc1cc(P(=O)(O)NO)cc(C)c1Oc1ccc(-c2ccc(C3CCC(C)CC3)c(F)c2)c(F)c1. The average molecular weight is 502 g/mol. The van der Waals surface area contributed by atoms with E-state index in [0.29, 0.717) is 33.9 Å². The summed E-state index contributed by atoms with van der Waals surface area (Å²) in [6.07, 6.45) is 4.15. The van der Waals surface area contributed by atoms with Crippen LogP contribution in [-0.2, 0) is 4.57 Å². The summed E-state index contributed by atoms with van der Waals surface area (Å²) in [7, 11) is -4.09. The van der Waals surface area contributed by atoms with E-state index in [-0.39, 0.29) is 28.4 Å². The summed E-state index contributed by atoms with van der Waals surface area (Å²) in [6.45, 7) is 5.60. The molecule has 5 nitrogen and oxygen atoms in total. The van der Waals surface area contributed by atoms with Crippen LogP contribution >= 0.6 is 7.52 Å². The maximum atomic E-state index is 15.0. The quantitative estimate of drug-likeness (QED) is 0.248. The Morgan fingerprint density at radius 3 is 2.17 bits per heavy atom. The molecule has 1 saturated carbocycles. The van der Waals surface area contributed by atoms with Gasteiger partial charge in [0.05, 0.1) is 5.30 Å². The van der Waals surface area contributed by atoms with Crippen LogP contribution < -0.4 is 15.3 Å². The molecule has 1 aliphatic rings. The number of ether oxygens (including phenoxy) is 1. The molecule has 0 radical (unpaired) electrons. The van der Waals surface area contributed by atoms with E-state index in [9.17, 15) is 13.8 Å². The van der Waals surface area contributed by atoms with Crippen LogP contribution in [0.5, 0.6) is 11.5 Å². The van der Waals surface area contributed by atoms with Crippen LogP contribution in [0.3, 0.4) is 0 Å². The molecule has 8 heteroatoms. The van der Waals surface area contributed by atoms with Crippen molar-refractivity contribution >= 4 is 12.8 Å².